The van der Waals surface area contributed by atoms with Gasteiger partial charge in [0, 0.05) is 22.6 Å². The molecule has 0 saturated carbocycles. The predicted molar refractivity (Wildman–Crippen MR) is 80.9 cm³/mol. The van der Waals surface area contributed by atoms with Gasteiger partial charge in [-0.15, -0.1) is 0 Å². The van der Waals surface area contributed by atoms with Crippen molar-refractivity contribution in [3.05, 3.63) is 68.7 Å². The lowest BCUT2D eigenvalue weighted by Gasteiger charge is -2.09. The van der Waals surface area contributed by atoms with Gasteiger partial charge in [-0.05, 0) is 35.7 Å². The number of halogens is 2. The third-order valence-corrected chi connectivity index (χ3v) is 3.75. The van der Waals surface area contributed by atoms with E-state index in [1.54, 1.807) is 0 Å². The van der Waals surface area contributed by atoms with E-state index in [0.29, 0.717) is 0 Å². The SMILES string of the molecule is Cc1ccccc1CNCc1ccc(Br)cc1Cl. The molecule has 0 aliphatic carbocycles. The highest BCUT2D eigenvalue weighted by Crippen LogP contribution is 2.21. The maximum Gasteiger partial charge on any atom is 0.0462 e. The smallest absolute Gasteiger partial charge is 0.0462 e. The van der Waals surface area contributed by atoms with E-state index in [1.165, 1.54) is 11.1 Å². The molecule has 18 heavy (non-hydrogen) atoms. The molecule has 0 aliphatic rings. The number of hydrogen-bond acceptors (Lipinski definition) is 1. The zero-order valence-electron chi connectivity index (χ0n) is 10.2. The van der Waals surface area contributed by atoms with Crippen molar-refractivity contribution in [3.63, 3.8) is 0 Å². The van der Waals surface area contributed by atoms with Crippen molar-refractivity contribution < 1.29 is 0 Å². The van der Waals surface area contributed by atoms with Crippen molar-refractivity contribution in [3.8, 4) is 0 Å². The quantitative estimate of drug-likeness (QED) is 0.859. The highest BCUT2D eigenvalue weighted by molar-refractivity contribution is 9.10. The molecule has 1 nitrogen and oxygen atoms in total. The van der Waals surface area contributed by atoms with Crippen molar-refractivity contribution >= 4 is 27.5 Å². The van der Waals surface area contributed by atoms with Gasteiger partial charge in [0.05, 0.1) is 0 Å². The first-order valence-corrected chi connectivity index (χ1v) is 7.03. The predicted octanol–water partition coefficient (Wildman–Crippen LogP) is 4.70. The fourth-order valence-corrected chi connectivity index (χ4v) is 2.55. The lowest BCUT2D eigenvalue weighted by molar-refractivity contribution is 0.691. The van der Waals surface area contributed by atoms with Crippen molar-refractivity contribution in [1.29, 1.82) is 0 Å². The molecule has 0 unspecified atom stereocenters. The Morgan fingerprint density at radius 3 is 2.50 bits per heavy atom. The molecule has 2 aromatic carbocycles. The zero-order chi connectivity index (χ0) is 13.0. The van der Waals surface area contributed by atoms with Gasteiger partial charge >= 0.3 is 0 Å². The number of nitrogens with one attached hydrogen (secondary N) is 1. The topological polar surface area (TPSA) is 12.0 Å². The zero-order valence-corrected chi connectivity index (χ0v) is 12.6. The van der Waals surface area contributed by atoms with E-state index in [1.807, 2.05) is 18.2 Å². The van der Waals surface area contributed by atoms with Gasteiger partial charge in [-0.3, -0.25) is 0 Å². The number of hydrogen-bond donors (Lipinski definition) is 1. The monoisotopic (exact) mass is 323 g/mol. The van der Waals surface area contributed by atoms with Crippen molar-refractivity contribution in [2.24, 2.45) is 0 Å². The van der Waals surface area contributed by atoms with Crippen LogP contribution in [0.4, 0.5) is 0 Å². The van der Waals surface area contributed by atoms with Gasteiger partial charge in [-0.2, -0.15) is 0 Å². The van der Waals surface area contributed by atoms with E-state index < -0.39 is 0 Å². The van der Waals surface area contributed by atoms with Crippen LogP contribution in [0, 0.1) is 6.92 Å². The summed E-state index contributed by atoms with van der Waals surface area (Å²) in [5, 5.41) is 4.21. The van der Waals surface area contributed by atoms with E-state index in [-0.39, 0.29) is 0 Å². The Labute approximate surface area is 121 Å². The van der Waals surface area contributed by atoms with E-state index in [2.05, 4.69) is 52.4 Å². The summed E-state index contributed by atoms with van der Waals surface area (Å²) in [7, 11) is 0. The molecule has 2 rings (SSSR count). The molecule has 0 fully saturated rings. The van der Waals surface area contributed by atoms with Crippen LogP contribution in [0.2, 0.25) is 5.02 Å². The minimum absolute atomic E-state index is 0.778. The molecule has 0 spiro atoms. The maximum atomic E-state index is 6.17. The lowest BCUT2D eigenvalue weighted by atomic mass is 10.1. The van der Waals surface area contributed by atoms with Crippen LogP contribution in [-0.4, -0.2) is 0 Å². The molecule has 0 aliphatic heterocycles. The Bertz CT molecular complexity index is 540. The molecule has 0 saturated heterocycles. The molecule has 2 aromatic rings. The Kier molecular flexibility index (Phi) is 4.81. The fraction of sp³-hybridized carbons (Fsp3) is 0.200. The van der Waals surface area contributed by atoms with Crippen molar-refractivity contribution in [2.75, 3.05) is 0 Å². The van der Waals surface area contributed by atoms with E-state index in [0.717, 1.165) is 28.1 Å². The van der Waals surface area contributed by atoms with Gasteiger partial charge in [0.1, 0.15) is 0 Å². The highest BCUT2D eigenvalue weighted by Gasteiger charge is 2.01. The molecule has 0 atom stereocenters. The molecule has 0 aromatic heterocycles. The van der Waals surface area contributed by atoms with Crippen molar-refractivity contribution in [2.45, 2.75) is 20.0 Å². The number of rotatable bonds is 4. The lowest BCUT2D eigenvalue weighted by Crippen LogP contribution is -2.13. The Morgan fingerprint density at radius 1 is 1.06 bits per heavy atom. The summed E-state index contributed by atoms with van der Waals surface area (Å²) in [6, 6.07) is 14.4. The molecular formula is C15H15BrClN. The summed E-state index contributed by atoms with van der Waals surface area (Å²) in [5.41, 5.74) is 3.76. The molecule has 0 amide bonds. The largest absolute Gasteiger partial charge is 0.309 e. The molecule has 1 N–H and O–H groups in total. The standard InChI is InChI=1S/C15H15BrClN/c1-11-4-2-3-5-12(11)9-18-10-13-6-7-14(16)8-15(13)17/h2-8,18H,9-10H2,1H3. The summed E-state index contributed by atoms with van der Waals surface area (Å²) in [6.07, 6.45) is 0. The average molecular weight is 325 g/mol. The first-order valence-electron chi connectivity index (χ1n) is 5.86. The third-order valence-electron chi connectivity index (χ3n) is 2.91. The van der Waals surface area contributed by atoms with Crippen LogP contribution in [0.25, 0.3) is 0 Å². The normalized spacial score (nSPS) is 10.6. The molecule has 3 heteroatoms. The van der Waals surface area contributed by atoms with E-state index >= 15 is 0 Å². The van der Waals surface area contributed by atoms with Gasteiger partial charge in [-0.25, -0.2) is 0 Å². The second-order valence-corrected chi connectivity index (χ2v) is 5.59. The Balaban J connectivity index is 1.95. The van der Waals surface area contributed by atoms with E-state index in [9.17, 15) is 0 Å². The Hall–Kier alpha value is -0.830. The van der Waals surface area contributed by atoms with Crippen LogP contribution in [-0.2, 0) is 13.1 Å². The minimum Gasteiger partial charge on any atom is -0.309 e. The van der Waals surface area contributed by atoms with Crippen molar-refractivity contribution in [1.82, 2.24) is 5.32 Å². The molecular weight excluding hydrogens is 310 g/mol. The molecule has 94 valence electrons. The van der Waals surface area contributed by atoms with Crippen LogP contribution in [0.5, 0.6) is 0 Å². The number of benzene rings is 2. The third kappa shape index (κ3) is 3.58. The van der Waals surface area contributed by atoms with Gasteiger partial charge in [0.15, 0.2) is 0 Å². The summed E-state index contributed by atoms with van der Waals surface area (Å²) < 4.78 is 1.01. The first kappa shape index (κ1) is 13.6. The van der Waals surface area contributed by atoms with Crippen LogP contribution >= 0.6 is 27.5 Å². The number of aryl methyl sites for hydroxylation is 1. The highest BCUT2D eigenvalue weighted by atomic mass is 79.9. The van der Waals surface area contributed by atoms with Gasteiger partial charge in [-0.1, -0.05) is 57.9 Å². The molecule has 0 heterocycles. The van der Waals surface area contributed by atoms with Crippen LogP contribution < -0.4 is 5.32 Å². The second kappa shape index (κ2) is 6.37. The van der Waals surface area contributed by atoms with Crippen LogP contribution in [0.1, 0.15) is 16.7 Å². The van der Waals surface area contributed by atoms with Gasteiger partial charge < -0.3 is 5.32 Å². The molecule has 0 bridgehead atoms. The summed E-state index contributed by atoms with van der Waals surface area (Å²) in [6.45, 7) is 3.77. The maximum absolute atomic E-state index is 6.17. The summed E-state index contributed by atoms with van der Waals surface area (Å²) >= 11 is 9.58. The van der Waals surface area contributed by atoms with Crippen LogP contribution in [0.3, 0.4) is 0 Å². The fourth-order valence-electron chi connectivity index (χ4n) is 1.81. The first-order chi connectivity index (χ1) is 8.66. The minimum atomic E-state index is 0.778. The summed E-state index contributed by atoms with van der Waals surface area (Å²) in [4.78, 5) is 0. The van der Waals surface area contributed by atoms with E-state index in [4.69, 9.17) is 11.6 Å². The second-order valence-electron chi connectivity index (χ2n) is 4.27. The molecule has 0 radical (unpaired) electrons. The Morgan fingerprint density at radius 2 is 1.78 bits per heavy atom. The average Bonchev–Trinajstić information content (AvgIpc) is 2.34. The summed E-state index contributed by atoms with van der Waals surface area (Å²) in [5.74, 6) is 0. The van der Waals surface area contributed by atoms with Gasteiger partial charge in [0.25, 0.3) is 0 Å². The van der Waals surface area contributed by atoms with Crippen LogP contribution in [0.15, 0.2) is 46.9 Å². The van der Waals surface area contributed by atoms with Gasteiger partial charge in [0.2, 0.25) is 0 Å².